The Morgan fingerprint density at radius 1 is 0.889 bits per heavy atom. The van der Waals surface area contributed by atoms with Crippen molar-refractivity contribution in [2.24, 2.45) is 5.73 Å². The molecule has 0 saturated heterocycles. The number of nitrogens with one attached hydrogen (secondary N) is 1. The van der Waals surface area contributed by atoms with Crippen LogP contribution in [0.4, 0.5) is 5.69 Å². The summed E-state index contributed by atoms with van der Waals surface area (Å²) in [5.41, 5.74) is 9.86. The van der Waals surface area contributed by atoms with Crippen molar-refractivity contribution in [3.05, 3.63) is 112 Å². The van der Waals surface area contributed by atoms with Gasteiger partial charge < -0.3 is 10.5 Å². The lowest BCUT2D eigenvalue weighted by Gasteiger charge is -2.14. The molecule has 0 atom stereocenters. The highest BCUT2D eigenvalue weighted by Crippen LogP contribution is 2.31. The molecule has 184 valence electrons. The SMILES string of the molecule is Cc1cc(S(=O)(=O)Nc2cccc(-c3ccc(C(N)=O)c(OCc4ccccc4)c3)c2)c(C)cc1Cl. The maximum atomic E-state index is 13.1. The lowest BCUT2D eigenvalue weighted by atomic mass is 10.0. The van der Waals surface area contributed by atoms with E-state index in [-0.39, 0.29) is 17.1 Å². The van der Waals surface area contributed by atoms with Crippen LogP contribution in [0.3, 0.4) is 0 Å². The Bertz CT molecular complexity index is 1540. The number of primary amides is 1. The summed E-state index contributed by atoms with van der Waals surface area (Å²) in [4.78, 5) is 12.1. The van der Waals surface area contributed by atoms with E-state index in [4.69, 9.17) is 22.1 Å². The van der Waals surface area contributed by atoms with Gasteiger partial charge in [-0.1, -0.05) is 60.1 Å². The number of carbonyl (C=O) groups is 1. The van der Waals surface area contributed by atoms with E-state index >= 15 is 0 Å². The van der Waals surface area contributed by atoms with E-state index in [0.29, 0.717) is 27.6 Å². The average Bonchev–Trinajstić information content (AvgIpc) is 2.85. The molecule has 4 aromatic rings. The van der Waals surface area contributed by atoms with Gasteiger partial charge in [0, 0.05) is 10.7 Å². The predicted octanol–water partition coefficient (Wildman–Crippen LogP) is 6.10. The second-order valence-electron chi connectivity index (χ2n) is 8.40. The van der Waals surface area contributed by atoms with E-state index in [1.165, 1.54) is 0 Å². The minimum atomic E-state index is -3.84. The predicted molar refractivity (Wildman–Crippen MR) is 143 cm³/mol. The number of aryl methyl sites for hydroxylation is 2. The molecule has 0 spiro atoms. The van der Waals surface area contributed by atoms with Gasteiger partial charge in [0.05, 0.1) is 10.5 Å². The number of rotatable bonds is 8. The van der Waals surface area contributed by atoms with Gasteiger partial charge in [-0.05, 0) is 78.1 Å². The minimum Gasteiger partial charge on any atom is -0.488 e. The molecular weight excluding hydrogens is 496 g/mol. The lowest BCUT2D eigenvalue weighted by molar-refractivity contribution is 0.0996. The summed E-state index contributed by atoms with van der Waals surface area (Å²) in [6, 6.07) is 24.8. The van der Waals surface area contributed by atoms with Crippen LogP contribution >= 0.6 is 11.6 Å². The highest BCUT2D eigenvalue weighted by Gasteiger charge is 2.19. The van der Waals surface area contributed by atoms with Crippen molar-refractivity contribution in [3.8, 4) is 16.9 Å². The Morgan fingerprint density at radius 2 is 1.61 bits per heavy atom. The third-order valence-electron chi connectivity index (χ3n) is 5.68. The highest BCUT2D eigenvalue weighted by atomic mass is 35.5. The number of ether oxygens (including phenoxy) is 1. The largest absolute Gasteiger partial charge is 0.488 e. The average molecular weight is 521 g/mol. The number of hydrogen-bond acceptors (Lipinski definition) is 4. The van der Waals surface area contributed by atoms with Crippen LogP contribution in [0.5, 0.6) is 5.75 Å². The van der Waals surface area contributed by atoms with Crippen molar-refractivity contribution in [1.29, 1.82) is 0 Å². The van der Waals surface area contributed by atoms with Gasteiger partial charge in [0.2, 0.25) is 0 Å². The highest BCUT2D eigenvalue weighted by molar-refractivity contribution is 7.92. The van der Waals surface area contributed by atoms with Crippen molar-refractivity contribution < 1.29 is 17.9 Å². The second-order valence-corrected chi connectivity index (χ2v) is 10.5. The summed E-state index contributed by atoms with van der Waals surface area (Å²) in [5, 5.41) is 0.512. The van der Waals surface area contributed by atoms with Crippen molar-refractivity contribution in [3.63, 3.8) is 0 Å². The van der Waals surface area contributed by atoms with E-state index < -0.39 is 15.9 Å². The van der Waals surface area contributed by atoms with Crippen molar-refractivity contribution in [2.45, 2.75) is 25.3 Å². The second kappa shape index (κ2) is 10.4. The van der Waals surface area contributed by atoms with E-state index in [0.717, 1.165) is 16.7 Å². The van der Waals surface area contributed by atoms with Crippen molar-refractivity contribution in [2.75, 3.05) is 4.72 Å². The molecule has 8 heteroatoms. The van der Waals surface area contributed by atoms with Gasteiger partial charge >= 0.3 is 0 Å². The van der Waals surface area contributed by atoms with Gasteiger partial charge in [0.25, 0.3) is 15.9 Å². The van der Waals surface area contributed by atoms with Crippen LogP contribution in [0.15, 0.2) is 89.8 Å². The monoisotopic (exact) mass is 520 g/mol. The first-order valence-electron chi connectivity index (χ1n) is 11.1. The number of amides is 1. The Kier molecular flexibility index (Phi) is 7.33. The topological polar surface area (TPSA) is 98.5 Å². The first-order chi connectivity index (χ1) is 17.1. The zero-order chi connectivity index (χ0) is 25.9. The standard InChI is InChI=1S/C28H25ClN2O4S/c1-18-14-27(19(2)13-25(18)29)36(33,34)31-23-10-6-9-21(15-23)22-11-12-24(28(30)32)26(16-22)35-17-20-7-4-3-5-8-20/h3-16,31H,17H2,1-2H3,(H2,30,32). The van der Waals surface area contributed by atoms with Crippen molar-refractivity contribution in [1.82, 2.24) is 0 Å². The summed E-state index contributed by atoms with van der Waals surface area (Å²) < 4.78 is 34.8. The molecule has 4 rings (SSSR count). The van der Waals surface area contributed by atoms with Crippen LogP contribution < -0.4 is 15.2 Å². The fourth-order valence-electron chi connectivity index (χ4n) is 3.78. The maximum Gasteiger partial charge on any atom is 0.262 e. The molecule has 1 amide bonds. The fourth-order valence-corrected chi connectivity index (χ4v) is 5.36. The van der Waals surface area contributed by atoms with Crippen LogP contribution in [-0.2, 0) is 16.6 Å². The molecule has 36 heavy (non-hydrogen) atoms. The number of sulfonamides is 1. The lowest BCUT2D eigenvalue weighted by Crippen LogP contribution is -2.14. The Hall–Kier alpha value is -3.81. The summed E-state index contributed by atoms with van der Waals surface area (Å²) in [6.45, 7) is 3.73. The Morgan fingerprint density at radius 3 is 2.33 bits per heavy atom. The van der Waals surface area contributed by atoms with Crippen LogP contribution in [-0.4, -0.2) is 14.3 Å². The number of hydrogen-bond donors (Lipinski definition) is 2. The molecule has 0 aliphatic carbocycles. The Balaban J connectivity index is 1.63. The molecular formula is C28H25ClN2O4S. The molecule has 0 saturated carbocycles. The summed E-state index contributed by atoms with van der Waals surface area (Å²) >= 11 is 6.13. The molecule has 0 bridgehead atoms. The van der Waals surface area contributed by atoms with Gasteiger partial charge in [0.1, 0.15) is 12.4 Å². The number of benzene rings is 4. The molecule has 4 aromatic carbocycles. The smallest absolute Gasteiger partial charge is 0.262 e. The molecule has 0 radical (unpaired) electrons. The maximum absolute atomic E-state index is 13.1. The molecule has 0 unspecified atom stereocenters. The van der Waals surface area contributed by atoms with E-state index in [1.807, 2.05) is 36.4 Å². The third-order valence-corrected chi connectivity index (χ3v) is 7.61. The number of anilines is 1. The van der Waals surface area contributed by atoms with Crippen LogP contribution in [0.25, 0.3) is 11.1 Å². The van der Waals surface area contributed by atoms with Crippen LogP contribution in [0.2, 0.25) is 5.02 Å². The first-order valence-corrected chi connectivity index (χ1v) is 13.0. The summed E-state index contributed by atoms with van der Waals surface area (Å²) in [6.07, 6.45) is 0. The van der Waals surface area contributed by atoms with E-state index in [1.54, 1.807) is 62.4 Å². The van der Waals surface area contributed by atoms with E-state index in [2.05, 4.69) is 4.72 Å². The summed E-state index contributed by atoms with van der Waals surface area (Å²) in [7, 11) is -3.84. The number of carbonyl (C=O) groups excluding carboxylic acids is 1. The van der Waals surface area contributed by atoms with Gasteiger partial charge in [-0.25, -0.2) is 8.42 Å². The molecule has 6 nitrogen and oxygen atoms in total. The number of halogens is 1. The van der Waals surface area contributed by atoms with E-state index in [9.17, 15) is 13.2 Å². The van der Waals surface area contributed by atoms with Gasteiger partial charge in [-0.3, -0.25) is 9.52 Å². The molecule has 3 N–H and O–H groups in total. The van der Waals surface area contributed by atoms with Crippen molar-refractivity contribution >= 4 is 33.2 Å². The molecule has 0 heterocycles. The molecule has 0 aliphatic rings. The van der Waals surface area contributed by atoms with Gasteiger partial charge in [-0.15, -0.1) is 0 Å². The zero-order valence-corrected chi connectivity index (χ0v) is 21.4. The molecule has 0 aliphatic heterocycles. The normalized spacial score (nSPS) is 11.2. The zero-order valence-electron chi connectivity index (χ0n) is 19.8. The summed E-state index contributed by atoms with van der Waals surface area (Å²) in [5.74, 6) is -0.248. The molecule has 0 fully saturated rings. The van der Waals surface area contributed by atoms with Gasteiger partial charge in [0.15, 0.2) is 0 Å². The molecule has 0 aromatic heterocycles. The van der Waals surface area contributed by atoms with Crippen LogP contribution in [0.1, 0.15) is 27.0 Å². The first kappa shape index (κ1) is 25.3. The fraction of sp³-hybridized carbons (Fsp3) is 0.107. The minimum absolute atomic E-state index is 0.164. The quantitative estimate of drug-likeness (QED) is 0.293. The Labute approximate surface area is 215 Å². The van der Waals surface area contributed by atoms with Gasteiger partial charge in [-0.2, -0.15) is 0 Å². The van der Waals surface area contributed by atoms with Crippen LogP contribution in [0, 0.1) is 13.8 Å². The third kappa shape index (κ3) is 5.70. The number of nitrogens with two attached hydrogens (primary N) is 1.